The lowest BCUT2D eigenvalue weighted by molar-refractivity contribution is -0.117. The molecule has 0 spiro atoms. The third-order valence-electron chi connectivity index (χ3n) is 1.55. The molecule has 1 heterocycles. The van der Waals surface area contributed by atoms with Gasteiger partial charge in [-0.15, -0.1) is 0 Å². The molecule has 0 radical (unpaired) electrons. The summed E-state index contributed by atoms with van der Waals surface area (Å²) in [5.74, 6) is 0.0789. The maximum atomic E-state index is 10.1. The number of carbonyl (C=O) groups is 1. The molecule has 1 amide bonds. The van der Waals surface area contributed by atoms with E-state index in [9.17, 15) is 4.79 Å². The van der Waals surface area contributed by atoms with E-state index in [2.05, 4.69) is 6.07 Å². The molecule has 1 fully saturated rings. The molecule has 0 aromatic carbocycles. The van der Waals surface area contributed by atoms with E-state index in [4.69, 9.17) is 5.26 Å². The average molecular weight is 124 g/mol. The van der Waals surface area contributed by atoms with Crippen LogP contribution in [0.3, 0.4) is 0 Å². The molecule has 0 aliphatic carbocycles. The zero-order chi connectivity index (χ0) is 6.69. The van der Waals surface area contributed by atoms with Gasteiger partial charge in [0, 0.05) is 13.1 Å². The SMILES string of the molecule is N#C[C@H]1CCN(C=O)C1. The number of likely N-dealkylation sites (tertiary alicyclic amines) is 1. The minimum atomic E-state index is 0.0789. The summed E-state index contributed by atoms with van der Waals surface area (Å²) in [6.07, 6.45) is 1.65. The first-order valence-corrected chi connectivity index (χ1v) is 2.96. The van der Waals surface area contributed by atoms with E-state index in [0.29, 0.717) is 6.54 Å². The Morgan fingerprint density at radius 3 is 2.89 bits per heavy atom. The quantitative estimate of drug-likeness (QED) is 0.461. The lowest BCUT2D eigenvalue weighted by Crippen LogP contribution is -2.17. The molecule has 1 aliphatic heterocycles. The van der Waals surface area contributed by atoms with Gasteiger partial charge < -0.3 is 4.90 Å². The number of nitrogens with zero attached hydrogens (tertiary/aromatic N) is 2. The average Bonchev–Trinajstić information content (AvgIpc) is 2.34. The van der Waals surface area contributed by atoms with Crippen molar-refractivity contribution in [2.75, 3.05) is 13.1 Å². The second-order valence-corrected chi connectivity index (χ2v) is 2.22. The summed E-state index contributed by atoms with van der Waals surface area (Å²) < 4.78 is 0. The van der Waals surface area contributed by atoms with Gasteiger partial charge in [-0.05, 0) is 6.42 Å². The van der Waals surface area contributed by atoms with Crippen LogP contribution in [0.25, 0.3) is 0 Å². The first-order valence-electron chi connectivity index (χ1n) is 2.96. The summed E-state index contributed by atoms with van der Waals surface area (Å²) in [7, 11) is 0. The molecule has 0 N–H and O–H groups in total. The lowest BCUT2D eigenvalue weighted by atomic mass is 10.1. The highest BCUT2D eigenvalue weighted by Gasteiger charge is 2.19. The van der Waals surface area contributed by atoms with E-state index in [1.54, 1.807) is 4.90 Å². The third kappa shape index (κ3) is 1.20. The second-order valence-electron chi connectivity index (χ2n) is 2.22. The molecule has 0 unspecified atom stereocenters. The Kier molecular flexibility index (Phi) is 1.69. The van der Waals surface area contributed by atoms with E-state index < -0.39 is 0 Å². The Labute approximate surface area is 53.9 Å². The standard InChI is InChI=1S/C6H8N2O/c7-3-6-1-2-8(4-6)5-9/h5-6H,1-2,4H2/t6-/m1/s1. The van der Waals surface area contributed by atoms with Crippen molar-refractivity contribution < 1.29 is 4.79 Å². The van der Waals surface area contributed by atoms with Crippen LogP contribution in [0.2, 0.25) is 0 Å². The molecule has 0 saturated carbocycles. The highest BCUT2D eigenvalue weighted by Crippen LogP contribution is 2.12. The second kappa shape index (κ2) is 2.49. The van der Waals surface area contributed by atoms with Crippen molar-refractivity contribution in [3.05, 3.63) is 0 Å². The summed E-state index contributed by atoms with van der Waals surface area (Å²) in [6, 6.07) is 2.13. The molecule has 0 aromatic rings. The molecule has 1 rings (SSSR count). The minimum Gasteiger partial charge on any atom is -0.344 e. The van der Waals surface area contributed by atoms with Gasteiger partial charge in [0.05, 0.1) is 12.0 Å². The Morgan fingerprint density at radius 1 is 1.78 bits per heavy atom. The fraction of sp³-hybridized carbons (Fsp3) is 0.667. The summed E-state index contributed by atoms with van der Waals surface area (Å²) in [5.41, 5.74) is 0. The van der Waals surface area contributed by atoms with Crippen molar-refractivity contribution in [2.24, 2.45) is 5.92 Å². The summed E-state index contributed by atoms with van der Waals surface area (Å²) in [6.45, 7) is 1.38. The molecule has 3 nitrogen and oxygen atoms in total. The van der Waals surface area contributed by atoms with Crippen molar-refractivity contribution in [1.29, 1.82) is 5.26 Å². The van der Waals surface area contributed by atoms with Crippen LogP contribution < -0.4 is 0 Å². The number of hydrogen-bond donors (Lipinski definition) is 0. The summed E-state index contributed by atoms with van der Waals surface area (Å²) in [5, 5.41) is 8.39. The van der Waals surface area contributed by atoms with Crippen LogP contribution in [-0.2, 0) is 4.79 Å². The van der Waals surface area contributed by atoms with Crippen molar-refractivity contribution in [3.63, 3.8) is 0 Å². The van der Waals surface area contributed by atoms with Gasteiger partial charge >= 0.3 is 0 Å². The van der Waals surface area contributed by atoms with Crippen LogP contribution in [-0.4, -0.2) is 24.4 Å². The minimum absolute atomic E-state index is 0.0789. The van der Waals surface area contributed by atoms with E-state index >= 15 is 0 Å². The number of rotatable bonds is 1. The van der Waals surface area contributed by atoms with Gasteiger partial charge in [0.1, 0.15) is 0 Å². The van der Waals surface area contributed by atoms with Crippen molar-refractivity contribution in [2.45, 2.75) is 6.42 Å². The Hall–Kier alpha value is -1.04. The first-order chi connectivity index (χ1) is 4.36. The number of hydrogen-bond acceptors (Lipinski definition) is 2. The van der Waals surface area contributed by atoms with Gasteiger partial charge in [0.15, 0.2) is 0 Å². The van der Waals surface area contributed by atoms with Gasteiger partial charge in [0.2, 0.25) is 6.41 Å². The Bertz CT molecular complexity index is 150. The molecule has 9 heavy (non-hydrogen) atoms. The predicted molar refractivity (Wildman–Crippen MR) is 31.4 cm³/mol. The predicted octanol–water partition coefficient (Wildman–Crippen LogP) is -0.0117. The maximum Gasteiger partial charge on any atom is 0.209 e. The maximum absolute atomic E-state index is 10.1. The molecule has 1 saturated heterocycles. The Morgan fingerprint density at radius 2 is 2.56 bits per heavy atom. The highest BCUT2D eigenvalue weighted by molar-refractivity contribution is 5.47. The smallest absolute Gasteiger partial charge is 0.209 e. The van der Waals surface area contributed by atoms with Crippen molar-refractivity contribution in [1.82, 2.24) is 4.90 Å². The molecular weight excluding hydrogens is 116 g/mol. The van der Waals surface area contributed by atoms with Crippen molar-refractivity contribution in [3.8, 4) is 6.07 Å². The lowest BCUT2D eigenvalue weighted by Gasteiger charge is -2.04. The third-order valence-corrected chi connectivity index (χ3v) is 1.55. The largest absolute Gasteiger partial charge is 0.344 e. The van der Waals surface area contributed by atoms with E-state index in [0.717, 1.165) is 19.4 Å². The molecular formula is C6H8N2O. The van der Waals surface area contributed by atoms with Crippen molar-refractivity contribution >= 4 is 6.41 Å². The van der Waals surface area contributed by atoms with Crippen LogP contribution in [0.4, 0.5) is 0 Å². The van der Waals surface area contributed by atoms with Crippen LogP contribution in [0.15, 0.2) is 0 Å². The van der Waals surface area contributed by atoms with Crippen LogP contribution in [0.1, 0.15) is 6.42 Å². The van der Waals surface area contributed by atoms with Crippen LogP contribution >= 0.6 is 0 Å². The number of amides is 1. The zero-order valence-corrected chi connectivity index (χ0v) is 5.08. The fourth-order valence-electron chi connectivity index (χ4n) is 0.988. The number of nitriles is 1. The topological polar surface area (TPSA) is 44.1 Å². The summed E-state index contributed by atoms with van der Waals surface area (Å²) >= 11 is 0. The van der Waals surface area contributed by atoms with E-state index in [1.807, 2.05) is 0 Å². The fourth-order valence-corrected chi connectivity index (χ4v) is 0.988. The molecule has 1 atom stereocenters. The van der Waals surface area contributed by atoms with Gasteiger partial charge in [-0.25, -0.2) is 0 Å². The van der Waals surface area contributed by atoms with Gasteiger partial charge in [-0.1, -0.05) is 0 Å². The number of carbonyl (C=O) groups excluding carboxylic acids is 1. The van der Waals surface area contributed by atoms with E-state index in [-0.39, 0.29) is 5.92 Å². The molecule has 1 aliphatic rings. The van der Waals surface area contributed by atoms with Gasteiger partial charge in [-0.3, -0.25) is 4.79 Å². The Balaban J connectivity index is 2.39. The first kappa shape index (κ1) is 6.09. The molecule has 0 aromatic heterocycles. The normalized spacial score (nSPS) is 25.7. The van der Waals surface area contributed by atoms with Crippen LogP contribution in [0.5, 0.6) is 0 Å². The molecule has 3 heteroatoms. The van der Waals surface area contributed by atoms with Gasteiger partial charge in [0.25, 0.3) is 0 Å². The molecule has 48 valence electrons. The zero-order valence-electron chi connectivity index (χ0n) is 5.08. The summed E-state index contributed by atoms with van der Waals surface area (Å²) in [4.78, 5) is 11.7. The van der Waals surface area contributed by atoms with Crippen LogP contribution in [0, 0.1) is 17.2 Å². The van der Waals surface area contributed by atoms with Gasteiger partial charge in [-0.2, -0.15) is 5.26 Å². The monoisotopic (exact) mass is 124 g/mol. The highest BCUT2D eigenvalue weighted by atomic mass is 16.1. The van der Waals surface area contributed by atoms with E-state index in [1.165, 1.54) is 0 Å². The molecule has 0 bridgehead atoms.